The van der Waals surface area contributed by atoms with Gasteiger partial charge in [-0.15, -0.1) is 0 Å². The maximum atomic E-state index is 12.2. The molecule has 0 saturated carbocycles. The van der Waals surface area contributed by atoms with Gasteiger partial charge < -0.3 is 10.4 Å². The lowest BCUT2D eigenvalue weighted by molar-refractivity contribution is 0.0843. The molecule has 0 saturated heterocycles. The van der Waals surface area contributed by atoms with Crippen LogP contribution in [0.25, 0.3) is 11.0 Å². The van der Waals surface area contributed by atoms with E-state index in [9.17, 15) is 9.90 Å². The number of rotatable bonds is 3. The topological polar surface area (TPSA) is 75.1 Å². The number of hydrogen-bond acceptors (Lipinski definition) is 4. The second-order valence-electron chi connectivity index (χ2n) is 5.82. The molecule has 5 nitrogen and oxygen atoms in total. The summed E-state index contributed by atoms with van der Waals surface area (Å²) in [6.07, 6.45) is 1.45. The zero-order valence-corrected chi connectivity index (χ0v) is 11.9. The number of carbonyl (C=O) groups is 1. The van der Waals surface area contributed by atoms with Gasteiger partial charge in [0.1, 0.15) is 5.69 Å². The highest BCUT2D eigenvalue weighted by Crippen LogP contribution is 2.19. The van der Waals surface area contributed by atoms with Crippen LogP contribution in [0.1, 0.15) is 31.3 Å². The molecule has 0 fully saturated rings. The van der Waals surface area contributed by atoms with Gasteiger partial charge in [0.15, 0.2) is 0 Å². The molecule has 0 aliphatic carbocycles. The van der Waals surface area contributed by atoms with Gasteiger partial charge in [-0.05, 0) is 17.5 Å². The Balaban J connectivity index is 2.23. The molecule has 1 amide bonds. The number of benzene rings is 1. The maximum absolute atomic E-state index is 12.2. The monoisotopic (exact) mass is 273 g/mol. The Hall–Kier alpha value is -2.01. The van der Waals surface area contributed by atoms with Gasteiger partial charge in [0, 0.05) is 0 Å². The number of nitrogens with zero attached hydrogens (tertiary/aromatic N) is 2. The minimum atomic E-state index is -0.330. The second kappa shape index (κ2) is 5.54. The lowest BCUT2D eigenvalue weighted by Gasteiger charge is -2.29. The molecule has 5 heteroatoms. The molecular weight excluding hydrogens is 254 g/mol. The van der Waals surface area contributed by atoms with E-state index in [2.05, 4.69) is 15.3 Å². The molecule has 0 radical (unpaired) electrons. The molecule has 0 unspecified atom stereocenters. The molecule has 0 aliphatic heterocycles. The van der Waals surface area contributed by atoms with E-state index in [0.29, 0.717) is 5.52 Å². The predicted octanol–water partition coefficient (Wildman–Crippen LogP) is 1.77. The Kier molecular flexibility index (Phi) is 3.99. The molecule has 2 N–H and O–H groups in total. The Morgan fingerprint density at radius 3 is 2.55 bits per heavy atom. The fourth-order valence-corrected chi connectivity index (χ4v) is 1.83. The molecule has 2 aromatic rings. The minimum Gasteiger partial charge on any atom is -0.394 e. The van der Waals surface area contributed by atoms with E-state index >= 15 is 0 Å². The average molecular weight is 273 g/mol. The normalized spacial score (nSPS) is 13.2. The lowest BCUT2D eigenvalue weighted by Crippen LogP contribution is -2.46. The van der Waals surface area contributed by atoms with Crippen molar-refractivity contribution < 1.29 is 9.90 Å². The molecular formula is C15H19N3O2. The van der Waals surface area contributed by atoms with Gasteiger partial charge in [-0.25, -0.2) is 4.98 Å². The predicted molar refractivity (Wildman–Crippen MR) is 77.3 cm³/mol. The van der Waals surface area contributed by atoms with Gasteiger partial charge in [-0.2, -0.15) is 0 Å². The number of nitrogens with one attached hydrogen (secondary N) is 1. The third-order valence-corrected chi connectivity index (χ3v) is 3.21. The summed E-state index contributed by atoms with van der Waals surface area (Å²) in [5.74, 6) is -0.322. The smallest absolute Gasteiger partial charge is 0.271 e. The first-order valence-corrected chi connectivity index (χ1v) is 6.55. The number of carbonyl (C=O) groups excluding carboxylic acids is 1. The molecule has 0 bridgehead atoms. The van der Waals surface area contributed by atoms with E-state index in [0.717, 1.165) is 5.52 Å². The van der Waals surface area contributed by atoms with Crippen molar-refractivity contribution in [2.24, 2.45) is 5.41 Å². The summed E-state index contributed by atoms with van der Waals surface area (Å²) < 4.78 is 0. The van der Waals surface area contributed by atoms with Crippen molar-refractivity contribution in [3.8, 4) is 0 Å². The van der Waals surface area contributed by atoms with Crippen LogP contribution in [0, 0.1) is 5.41 Å². The van der Waals surface area contributed by atoms with E-state index in [1.807, 2.05) is 45.0 Å². The van der Waals surface area contributed by atoms with Crippen LogP contribution < -0.4 is 5.32 Å². The zero-order valence-electron chi connectivity index (χ0n) is 11.9. The molecule has 1 heterocycles. The number of aliphatic hydroxyl groups is 1. The highest BCUT2D eigenvalue weighted by molar-refractivity contribution is 5.93. The number of aliphatic hydroxyl groups excluding tert-OH is 1. The largest absolute Gasteiger partial charge is 0.394 e. The summed E-state index contributed by atoms with van der Waals surface area (Å²) in [6, 6.07) is 7.05. The number of aromatic nitrogens is 2. The Morgan fingerprint density at radius 1 is 1.30 bits per heavy atom. The molecule has 1 atom stereocenters. The Labute approximate surface area is 118 Å². The first-order valence-electron chi connectivity index (χ1n) is 6.55. The van der Waals surface area contributed by atoms with Crippen molar-refractivity contribution in [3.63, 3.8) is 0 Å². The summed E-state index contributed by atoms with van der Waals surface area (Å²) in [4.78, 5) is 20.7. The summed E-state index contributed by atoms with van der Waals surface area (Å²) in [5, 5.41) is 12.2. The van der Waals surface area contributed by atoms with Crippen LogP contribution in [0.2, 0.25) is 0 Å². The third-order valence-electron chi connectivity index (χ3n) is 3.21. The summed E-state index contributed by atoms with van der Waals surface area (Å²) in [6.45, 7) is 5.76. The van der Waals surface area contributed by atoms with Gasteiger partial charge in [0.2, 0.25) is 0 Å². The van der Waals surface area contributed by atoms with Crippen molar-refractivity contribution in [2.75, 3.05) is 6.61 Å². The van der Waals surface area contributed by atoms with Crippen LogP contribution in [0.5, 0.6) is 0 Å². The molecule has 0 aliphatic rings. The van der Waals surface area contributed by atoms with E-state index in [1.54, 1.807) is 0 Å². The average Bonchev–Trinajstić information content (AvgIpc) is 2.42. The number of hydrogen-bond donors (Lipinski definition) is 2. The molecule has 20 heavy (non-hydrogen) atoms. The molecule has 1 aromatic heterocycles. The first-order chi connectivity index (χ1) is 9.41. The van der Waals surface area contributed by atoms with Crippen LogP contribution in [0.15, 0.2) is 30.5 Å². The molecule has 0 spiro atoms. The van der Waals surface area contributed by atoms with Crippen molar-refractivity contribution in [3.05, 3.63) is 36.2 Å². The van der Waals surface area contributed by atoms with E-state index < -0.39 is 0 Å². The van der Waals surface area contributed by atoms with Crippen molar-refractivity contribution >= 4 is 16.9 Å². The number of para-hydroxylation sites is 2. The highest BCUT2D eigenvalue weighted by atomic mass is 16.3. The molecule has 1 aromatic carbocycles. The summed E-state index contributed by atoms with van der Waals surface area (Å²) in [5.41, 5.74) is 1.45. The van der Waals surface area contributed by atoms with Crippen LogP contribution in [-0.2, 0) is 0 Å². The van der Waals surface area contributed by atoms with Gasteiger partial charge in [0.05, 0.1) is 29.9 Å². The number of fused-ring (bicyclic) bond motifs is 1. The van der Waals surface area contributed by atoms with E-state index in [1.165, 1.54) is 6.20 Å². The van der Waals surface area contributed by atoms with E-state index in [4.69, 9.17) is 0 Å². The lowest BCUT2D eigenvalue weighted by atomic mass is 9.87. The summed E-state index contributed by atoms with van der Waals surface area (Å²) >= 11 is 0. The zero-order chi connectivity index (χ0) is 14.8. The van der Waals surface area contributed by atoms with Crippen LogP contribution >= 0.6 is 0 Å². The van der Waals surface area contributed by atoms with Crippen molar-refractivity contribution in [1.82, 2.24) is 15.3 Å². The second-order valence-corrected chi connectivity index (χ2v) is 5.82. The summed E-state index contributed by atoms with van der Waals surface area (Å²) in [7, 11) is 0. The van der Waals surface area contributed by atoms with Gasteiger partial charge in [0.25, 0.3) is 5.91 Å². The van der Waals surface area contributed by atoms with Crippen molar-refractivity contribution in [2.45, 2.75) is 26.8 Å². The standard InChI is InChI=1S/C15H19N3O2/c1-15(2,3)13(9-19)18-14(20)12-8-16-10-6-4-5-7-11(10)17-12/h4-8,13,19H,9H2,1-3H3,(H,18,20)/t13-/m1/s1. The maximum Gasteiger partial charge on any atom is 0.271 e. The fourth-order valence-electron chi connectivity index (χ4n) is 1.83. The van der Waals surface area contributed by atoms with Crippen LogP contribution in [0.4, 0.5) is 0 Å². The first kappa shape index (κ1) is 14.4. The van der Waals surface area contributed by atoms with E-state index in [-0.39, 0.29) is 29.7 Å². The Bertz CT molecular complexity index is 620. The fraction of sp³-hybridized carbons (Fsp3) is 0.400. The third kappa shape index (κ3) is 3.11. The van der Waals surface area contributed by atoms with Gasteiger partial charge >= 0.3 is 0 Å². The SMILES string of the molecule is CC(C)(C)[C@@H](CO)NC(=O)c1cnc2ccccc2n1. The van der Waals surface area contributed by atoms with Crippen molar-refractivity contribution in [1.29, 1.82) is 0 Å². The highest BCUT2D eigenvalue weighted by Gasteiger charge is 2.26. The van der Waals surface area contributed by atoms with Crippen LogP contribution in [-0.4, -0.2) is 33.6 Å². The van der Waals surface area contributed by atoms with Gasteiger partial charge in [-0.3, -0.25) is 9.78 Å². The minimum absolute atomic E-state index is 0.115. The molecule has 106 valence electrons. The van der Waals surface area contributed by atoms with Gasteiger partial charge in [-0.1, -0.05) is 32.9 Å². The number of amides is 1. The molecule has 2 rings (SSSR count). The quantitative estimate of drug-likeness (QED) is 0.893. The Morgan fingerprint density at radius 2 is 1.95 bits per heavy atom. The van der Waals surface area contributed by atoms with Crippen LogP contribution in [0.3, 0.4) is 0 Å².